The number of benzene rings is 1. The lowest BCUT2D eigenvalue weighted by Gasteiger charge is -2.41. The van der Waals surface area contributed by atoms with Gasteiger partial charge in [-0.2, -0.15) is 0 Å². The molecular formula is C20H19ClF3N3O3. The number of pyridine rings is 1. The van der Waals surface area contributed by atoms with Crippen LogP contribution < -0.4 is 4.90 Å². The van der Waals surface area contributed by atoms with Gasteiger partial charge in [0.1, 0.15) is 12.6 Å². The van der Waals surface area contributed by atoms with Crippen molar-refractivity contribution in [3.05, 3.63) is 58.5 Å². The standard InChI is InChI=1S/C20H19ClF3N3O3/c1-11(28)17-19(30)27(18-15(22)7-14(21)8-25-18)10-16(29)26(17)9-12-3-5-13(6-4-12)20(2,23)24/h3-8,11,17,28H,9-10H2,1-2H3/t11-,17-/m1/s1. The largest absolute Gasteiger partial charge is 0.391 e. The smallest absolute Gasteiger partial charge is 0.270 e. The molecule has 160 valence electrons. The zero-order valence-corrected chi connectivity index (χ0v) is 16.9. The van der Waals surface area contributed by atoms with Crippen molar-refractivity contribution in [3.8, 4) is 0 Å². The highest BCUT2D eigenvalue weighted by Crippen LogP contribution is 2.29. The maximum Gasteiger partial charge on any atom is 0.270 e. The van der Waals surface area contributed by atoms with E-state index in [4.69, 9.17) is 11.6 Å². The molecule has 2 amide bonds. The Labute approximate surface area is 175 Å². The van der Waals surface area contributed by atoms with Crippen LogP contribution in [0.25, 0.3) is 0 Å². The van der Waals surface area contributed by atoms with Gasteiger partial charge in [-0.1, -0.05) is 35.9 Å². The highest BCUT2D eigenvalue weighted by Gasteiger charge is 2.43. The number of aliphatic hydroxyl groups excluding tert-OH is 1. The number of carbonyl (C=O) groups is 2. The normalized spacial score (nSPS) is 18.7. The third-order valence-corrected chi connectivity index (χ3v) is 4.99. The monoisotopic (exact) mass is 441 g/mol. The van der Waals surface area contributed by atoms with Gasteiger partial charge in [0.25, 0.3) is 11.8 Å². The molecule has 10 heteroatoms. The van der Waals surface area contributed by atoms with Gasteiger partial charge >= 0.3 is 0 Å². The minimum atomic E-state index is -3.01. The summed E-state index contributed by atoms with van der Waals surface area (Å²) in [6.45, 7) is 1.54. The number of halogens is 4. The minimum absolute atomic E-state index is 0.0295. The number of anilines is 1. The van der Waals surface area contributed by atoms with Gasteiger partial charge in [0, 0.05) is 25.2 Å². The Morgan fingerprint density at radius 1 is 1.30 bits per heavy atom. The number of aromatic nitrogens is 1. The first-order chi connectivity index (χ1) is 14.0. The minimum Gasteiger partial charge on any atom is -0.391 e. The van der Waals surface area contributed by atoms with Crippen molar-refractivity contribution < 1.29 is 27.9 Å². The first-order valence-corrected chi connectivity index (χ1v) is 9.44. The molecule has 0 bridgehead atoms. The van der Waals surface area contributed by atoms with Gasteiger partial charge in [-0.15, -0.1) is 0 Å². The second-order valence-corrected chi connectivity index (χ2v) is 7.61. The number of hydrogen-bond donors (Lipinski definition) is 1. The van der Waals surface area contributed by atoms with Crippen molar-refractivity contribution >= 4 is 29.2 Å². The fraction of sp³-hybridized carbons (Fsp3) is 0.350. The molecule has 1 aliphatic heterocycles. The van der Waals surface area contributed by atoms with E-state index in [1.807, 2.05) is 0 Å². The van der Waals surface area contributed by atoms with Crippen molar-refractivity contribution in [2.24, 2.45) is 0 Å². The SMILES string of the molecule is C[C@@H](O)[C@@H]1C(=O)N(c2ncc(Cl)cc2F)CC(=O)N1Cc1ccc(C(C)(F)F)cc1. The van der Waals surface area contributed by atoms with E-state index in [2.05, 4.69) is 4.98 Å². The molecule has 0 aliphatic carbocycles. The number of carbonyl (C=O) groups excluding carboxylic acids is 2. The summed E-state index contributed by atoms with van der Waals surface area (Å²) in [5.74, 6) is -5.51. The highest BCUT2D eigenvalue weighted by atomic mass is 35.5. The van der Waals surface area contributed by atoms with Crippen LogP contribution in [0.2, 0.25) is 5.02 Å². The van der Waals surface area contributed by atoms with E-state index in [0.29, 0.717) is 5.56 Å². The molecule has 2 atom stereocenters. The quantitative estimate of drug-likeness (QED) is 0.773. The van der Waals surface area contributed by atoms with Crippen LogP contribution in [0.3, 0.4) is 0 Å². The predicted molar refractivity (Wildman–Crippen MR) is 104 cm³/mol. The number of amides is 2. The summed E-state index contributed by atoms with van der Waals surface area (Å²) in [5.41, 5.74) is 0.314. The van der Waals surface area contributed by atoms with E-state index >= 15 is 0 Å². The van der Waals surface area contributed by atoms with Crippen LogP contribution in [0.15, 0.2) is 36.5 Å². The van der Waals surface area contributed by atoms with Crippen LogP contribution in [0, 0.1) is 5.82 Å². The summed E-state index contributed by atoms with van der Waals surface area (Å²) < 4.78 is 41.0. The molecule has 1 aromatic heterocycles. The Kier molecular flexibility index (Phi) is 6.05. The lowest BCUT2D eigenvalue weighted by molar-refractivity contribution is -0.148. The van der Waals surface area contributed by atoms with E-state index in [1.54, 1.807) is 0 Å². The van der Waals surface area contributed by atoms with Crippen LogP contribution in [0.5, 0.6) is 0 Å². The van der Waals surface area contributed by atoms with Gasteiger partial charge in [-0.05, 0) is 18.6 Å². The lowest BCUT2D eigenvalue weighted by Crippen LogP contribution is -2.63. The second-order valence-electron chi connectivity index (χ2n) is 7.18. The first kappa shape index (κ1) is 22.0. The fourth-order valence-electron chi connectivity index (χ4n) is 3.29. The summed E-state index contributed by atoms with van der Waals surface area (Å²) in [6.07, 6.45) is -0.120. The molecule has 2 heterocycles. The lowest BCUT2D eigenvalue weighted by atomic mass is 10.0. The number of rotatable bonds is 5. The third-order valence-electron chi connectivity index (χ3n) is 4.78. The Morgan fingerprint density at radius 2 is 1.93 bits per heavy atom. The summed E-state index contributed by atoms with van der Waals surface area (Å²) in [5, 5.41) is 10.2. The van der Waals surface area contributed by atoms with Crippen molar-refractivity contribution in [2.45, 2.75) is 38.5 Å². The molecule has 1 aromatic carbocycles. The van der Waals surface area contributed by atoms with E-state index in [9.17, 15) is 27.9 Å². The van der Waals surface area contributed by atoms with Gasteiger partial charge < -0.3 is 10.0 Å². The van der Waals surface area contributed by atoms with Crippen LogP contribution in [-0.4, -0.2) is 45.5 Å². The van der Waals surface area contributed by atoms with Crippen molar-refractivity contribution in [3.63, 3.8) is 0 Å². The Bertz CT molecular complexity index is 964. The van der Waals surface area contributed by atoms with Gasteiger partial charge in [-0.3, -0.25) is 14.5 Å². The number of aliphatic hydroxyl groups is 1. The summed E-state index contributed by atoms with van der Waals surface area (Å²) >= 11 is 5.68. The number of hydrogen-bond acceptors (Lipinski definition) is 4. The number of nitrogens with zero attached hydrogens (tertiary/aromatic N) is 3. The second kappa shape index (κ2) is 8.23. The predicted octanol–water partition coefficient (Wildman–Crippen LogP) is 3.11. The van der Waals surface area contributed by atoms with Crippen LogP contribution in [0.1, 0.15) is 25.0 Å². The summed E-state index contributed by atoms with van der Waals surface area (Å²) in [7, 11) is 0. The molecule has 0 saturated carbocycles. The Balaban J connectivity index is 1.88. The van der Waals surface area contributed by atoms with Crippen molar-refractivity contribution in [1.29, 1.82) is 0 Å². The first-order valence-electron chi connectivity index (χ1n) is 9.06. The summed E-state index contributed by atoms with van der Waals surface area (Å²) in [4.78, 5) is 31.6. The fourth-order valence-corrected chi connectivity index (χ4v) is 3.43. The average Bonchev–Trinajstić information content (AvgIpc) is 2.64. The molecule has 1 aliphatic rings. The van der Waals surface area contributed by atoms with E-state index in [1.165, 1.54) is 31.2 Å². The van der Waals surface area contributed by atoms with Gasteiger partial charge in [0.05, 0.1) is 11.1 Å². The molecule has 0 spiro atoms. The zero-order chi connectivity index (χ0) is 22.2. The molecule has 0 unspecified atom stereocenters. The molecular weight excluding hydrogens is 423 g/mol. The van der Waals surface area contributed by atoms with E-state index in [-0.39, 0.29) is 22.9 Å². The van der Waals surface area contributed by atoms with E-state index in [0.717, 1.165) is 29.0 Å². The molecule has 3 rings (SSSR count). The summed E-state index contributed by atoms with van der Waals surface area (Å²) in [6, 6.07) is 5.00. The van der Waals surface area contributed by atoms with Crippen LogP contribution in [0.4, 0.5) is 19.0 Å². The van der Waals surface area contributed by atoms with E-state index < -0.39 is 42.2 Å². The molecule has 30 heavy (non-hydrogen) atoms. The Hall–Kier alpha value is -2.65. The molecule has 2 aromatic rings. The topological polar surface area (TPSA) is 73.7 Å². The van der Waals surface area contributed by atoms with Crippen LogP contribution >= 0.6 is 11.6 Å². The molecule has 0 radical (unpaired) electrons. The van der Waals surface area contributed by atoms with Crippen molar-refractivity contribution in [1.82, 2.24) is 9.88 Å². The highest BCUT2D eigenvalue weighted by molar-refractivity contribution is 6.30. The number of piperazine rings is 1. The Morgan fingerprint density at radius 3 is 2.47 bits per heavy atom. The van der Waals surface area contributed by atoms with Crippen molar-refractivity contribution in [2.75, 3.05) is 11.4 Å². The van der Waals surface area contributed by atoms with Gasteiger partial charge in [0.15, 0.2) is 11.6 Å². The average molecular weight is 442 g/mol. The number of alkyl halides is 2. The molecule has 1 saturated heterocycles. The molecule has 1 fully saturated rings. The van der Waals surface area contributed by atoms with Gasteiger partial charge in [0.2, 0.25) is 5.91 Å². The molecule has 6 nitrogen and oxygen atoms in total. The maximum atomic E-state index is 14.3. The van der Waals surface area contributed by atoms with Gasteiger partial charge in [-0.25, -0.2) is 18.2 Å². The zero-order valence-electron chi connectivity index (χ0n) is 16.2. The molecule has 1 N–H and O–H groups in total. The van der Waals surface area contributed by atoms with Crippen LogP contribution in [-0.2, 0) is 22.1 Å². The maximum absolute atomic E-state index is 14.3. The third kappa shape index (κ3) is 4.41.